The van der Waals surface area contributed by atoms with E-state index in [0.29, 0.717) is 5.56 Å². The highest BCUT2D eigenvalue weighted by molar-refractivity contribution is 7.92. The van der Waals surface area contributed by atoms with Crippen LogP contribution in [0, 0.1) is 12.7 Å². The van der Waals surface area contributed by atoms with Gasteiger partial charge in [-0.3, -0.25) is 0 Å². The lowest BCUT2D eigenvalue weighted by molar-refractivity contribution is 0.0497. The molecule has 3 atom stereocenters. The summed E-state index contributed by atoms with van der Waals surface area (Å²) in [6, 6.07) is 12.1. The molecule has 1 aliphatic carbocycles. The fourth-order valence-corrected chi connectivity index (χ4v) is 6.16. The van der Waals surface area contributed by atoms with Crippen LogP contribution in [0.2, 0.25) is 0 Å². The summed E-state index contributed by atoms with van der Waals surface area (Å²) in [7, 11) is -3.84. The highest BCUT2D eigenvalue weighted by Crippen LogP contribution is 2.57. The molecular weight excluding hydrogens is 407 g/mol. The molecule has 2 aromatic carbocycles. The van der Waals surface area contributed by atoms with Crippen molar-refractivity contribution >= 4 is 15.9 Å². The minimum atomic E-state index is -3.84. The van der Waals surface area contributed by atoms with E-state index >= 15 is 0 Å². The lowest BCUT2D eigenvalue weighted by Gasteiger charge is -2.24. The summed E-state index contributed by atoms with van der Waals surface area (Å²) in [5, 5.41) is 1.71. The largest absolute Gasteiger partial charge is 0.444 e. The van der Waals surface area contributed by atoms with Crippen LogP contribution in [0.4, 0.5) is 9.18 Å². The number of benzene rings is 2. The number of sulfone groups is 1. The van der Waals surface area contributed by atoms with E-state index in [2.05, 4.69) is 5.32 Å². The van der Waals surface area contributed by atoms with Gasteiger partial charge in [-0.1, -0.05) is 29.8 Å². The summed E-state index contributed by atoms with van der Waals surface area (Å²) >= 11 is 0. The van der Waals surface area contributed by atoms with Crippen LogP contribution < -0.4 is 11.1 Å². The van der Waals surface area contributed by atoms with Crippen molar-refractivity contribution in [3.05, 3.63) is 65.5 Å². The van der Waals surface area contributed by atoms with Crippen molar-refractivity contribution in [1.29, 1.82) is 0 Å². The fraction of sp³-hybridized carbons (Fsp3) is 0.409. The fourth-order valence-electron chi connectivity index (χ4n) is 3.81. The minimum Gasteiger partial charge on any atom is -0.444 e. The summed E-state index contributed by atoms with van der Waals surface area (Å²) in [6.07, 6.45) is -0.748. The predicted molar refractivity (Wildman–Crippen MR) is 112 cm³/mol. The quantitative estimate of drug-likeness (QED) is 0.752. The van der Waals surface area contributed by atoms with E-state index in [1.165, 1.54) is 24.3 Å². The van der Waals surface area contributed by atoms with Crippen molar-refractivity contribution in [2.45, 2.75) is 54.9 Å². The number of hydrogen-bond donors (Lipinski definition) is 2. The SMILES string of the molecule is Cc1ccc(S(=O)(=O)[C@H]2[C@@H](c3ccc(F)cc3)[C@@]2(CN)NC(=O)OC(C)(C)C)cc1. The molecule has 0 saturated heterocycles. The Morgan fingerprint density at radius 1 is 1.13 bits per heavy atom. The molecule has 1 fully saturated rings. The molecule has 1 aliphatic rings. The van der Waals surface area contributed by atoms with E-state index in [0.717, 1.165) is 5.56 Å². The van der Waals surface area contributed by atoms with Gasteiger partial charge in [-0.25, -0.2) is 17.6 Å². The predicted octanol–water partition coefficient (Wildman–Crippen LogP) is 3.30. The summed E-state index contributed by atoms with van der Waals surface area (Å²) in [5.74, 6) is -1.07. The summed E-state index contributed by atoms with van der Waals surface area (Å²) in [4.78, 5) is 12.7. The van der Waals surface area contributed by atoms with Gasteiger partial charge in [0.2, 0.25) is 0 Å². The Morgan fingerprint density at radius 3 is 2.20 bits per heavy atom. The van der Waals surface area contributed by atoms with E-state index in [1.54, 1.807) is 45.0 Å². The van der Waals surface area contributed by atoms with Crippen LogP contribution in [0.15, 0.2) is 53.4 Å². The Morgan fingerprint density at radius 2 is 1.70 bits per heavy atom. The normalized spacial score (nSPS) is 23.7. The van der Waals surface area contributed by atoms with Crippen LogP contribution in [-0.4, -0.2) is 37.4 Å². The Balaban J connectivity index is 2.03. The lowest BCUT2D eigenvalue weighted by Crippen LogP contribution is -2.49. The number of alkyl carbamates (subject to hydrolysis) is 1. The topological polar surface area (TPSA) is 98.5 Å². The molecule has 0 aromatic heterocycles. The van der Waals surface area contributed by atoms with Crippen LogP contribution in [-0.2, 0) is 14.6 Å². The van der Waals surface area contributed by atoms with Gasteiger partial charge in [-0.15, -0.1) is 0 Å². The second kappa shape index (κ2) is 7.67. The number of carbonyl (C=O) groups excluding carboxylic acids is 1. The van der Waals surface area contributed by atoms with Crippen LogP contribution in [0.1, 0.15) is 37.8 Å². The van der Waals surface area contributed by atoms with Gasteiger partial charge in [-0.05, 0) is 57.5 Å². The third-order valence-electron chi connectivity index (χ3n) is 5.24. The van der Waals surface area contributed by atoms with Crippen molar-refractivity contribution in [1.82, 2.24) is 5.32 Å². The van der Waals surface area contributed by atoms with Crippen LogP contribution in [0.3, 0.4) is 0 Å². The maximum absolute atomic E-state index is 13.5. The Bertz CT molecular complexity index is 1030. The molecule has 0 aliphatic heterocycles. The summed E-state index contributed by atoms with van der Waals surface area (Å²) in [5.41, 5.74) is 5.51. The minimum absolute atomic E-state index is 0.121. The molecule has 2 aromatic rings. The highest BCUT2D eigenvalue weighted by atomic mass is 32.2. The molecule has 1 saturated carbocycles. The monoisotopic (exact) mass is 434 g/mol. The number of carbonyl (C=O) groups is 1. The van der Waals surface area contributed by atoms with E-state index in [1.807, 2.05) is 6.92 Å². The first-order valence-electron chi connectivity index (χ1n) is 9.68. The van der Waals surface area contributed by atoms with Gasteiger partial charge in [-0.2, -0.15) is 0 Å². The van der Waals surface area contributed by atoms with Crippen molar-refractivity contribution in [2.75, 3.05) is 6.54 Å². The lowest BCUT2D eigenvalue weighted by atomic mass is 10.1. The standard InChI is InChI=1S/C22H27FN2O4S/c1-14-5-11-17(12-6-14)30(27,28)19-18(15-7-9-16(23)10-8-15)22(19,13-24)25-20(26)29-21(2,3)4/h5-12,18-19H,13,24H2,1-4H3,(H,25,26)/t18-,19+,22-/m1/s1. The Hall–Kier alpha value is -2.45. The third-order valence-corrected chi connectivity index (χ3v) is 7.53. The molecule has 3 N–H and O–H groups in total. The van der Waals surface area contributed by atoms with E-state index < -0.39 is 44.1 Å². The van der Waals surface area contributed by atoms with Gasteiger partial charge < -0.3 is 15.8 Å². The maximum Gasteiger partial charge on any atom is 0.408 e. The van der Waals surface area contributed by atoms with Gasteiger partial charge in [0.15, 0.2) is 9.84 Å². The van der Waals surface area contributed by atoms with E-state index in [9.17, 15) is 17.6 Å². The van der Waals surface area contributed by atoms with Gasteiger partial charge in [0.1, 0.15) is 16.7 Å². The van der Waals surface area contributed by atoms with Crippen molar-refractivity contribution in [2.24, 2.45) is 5.73 Å². The number of hydrogen-bond acceptors (Lipinski definition) is 5. The number of nitrogens with one attached hydrogen (secondary N) is 1. The summed E-state index contributed by atoms with van der Waals surface area (Å²) in [6.45, 7) is 6.89. The van der Waals surface area contributed by atoms with E-state index in [4.69, 9.17) is 10.5 Å². The van der Waals surface area contributed by atoms with Crippen molar-refractivity contribution in [3.8, 4) is 0 Å². The molecule has 0 heterocycles. The second-order valence-electron chi connectivity index (χ2n) is 8.68. The molecule has 3 rings (SSSR count). The van der Waals surface area contributed by atoms with Gasteiger partial charge >= 0.3 is 6.09 Å². The molecule has 1 amide bonds. The molecule has 30 heavy (non-hydrogen) atoms. The zero-order valence-electron chi connectivity index (χ0n) is 17.5. The first kappa shape index (κ1) is 22.2. The average molecular weight is 435 g/mol. The average Bonchev–Trinajstić information content (AvgIpc) is 3.30. The number of aryl methyl sites for hydroxylation is 1. The van der Waals surface area contributed by atoms with Crippen molar-refractivity contribution < 1.29 is 22.3 Å². The first-order valence-corrected chi connectivity index (χ1v) is 11.2. The van der Waals surface area contributed by atoms with Crippen LogP contribution in [0.25, 0.3) is 0 Å². The maximum atomic E-state index is 13.5. The zero-order valence-corrected chi connectivity index (χ0v) is 18.3. The Kier molecular flexibility index (Phi) is 5.68. The van der Waals surface area contributed by atoms with E-state index in [-0.39, 0.29) is 11.4 Å². The molecule has 162 valence electrons. The van der Waals surface area contributed by atoms with Crippen LogP contribution in [0.5, 0.6) is 0 Å². The molecular formula is C22H27FN2O4S. The number of ether oxygens (including phenoxy) is 1. The second-order valence-corrected chi connectivity index (χ2v) is 10.7. The number of nitrogens with two attached hydrogens (primary N) is 1. The van der Waals surface area contributed by atoms with Crippen LogP contribution >= 0.6 is 0 Å². The molecule has 0 spiro atoms. The smallest absolute Gasteiger partial charge is 0.408 e. The number of rotatable bonds is 5. The van der Waals surface area contributed by atoms with Crippen molar-refractivity contribution in [3.63, 3.8) is 0 Å². The zero-order chi connectivity index (χ0) is 22.3. The molecule has 0 bridgehead atoms. The molecule has 0 radical (unpaired) electrons. The molecule has 8 heteroatoms. The number of halogens is 1. The van der Waals surface area contributed by atoms with Gasteiger partial charge in [0, 0.05) is 12.5 Å². The number of amides is 1. The highest BCUT2D eigenvalue weighted by Gasteiger charge is 2.71. The van der Waals surface area contributed by atoms with Gasteiger partial charge in [0.25, 0.3) is 0 Å². The Labute approximate surface area is 176 Å². The summed E-state index contributed by atoms with van der Waals surface area (Å²) < 4.78 is 45.7. The third kappa shape index (κ3) is 4.20. The molecule has 0 unspecified atom stereocenters. The first-order chi connectivity index (χ1) is 13.9. The molecule has 6 nitrogen and oxygen atoms in total. The van der Waals surface area contributed by atoms with Gasteiger partial charge in [0.05, 0.1) is 10.4 Å².